The van der Waals surface area contributed by atoms with Crippen LogP contribution in [0.3, 0.4) is 0 Å². The minimum absolute atomic E-state index is 0.0183. The number of anilines is 1. The Morgan fingerprint density at radius 3 is 3.00 bits per heavy atom. The maximum absolute atomic E-state index is 12.5. The molecule has 1 saturated heterocycles. The Bertz CT molecular complexity index is 480. The highest BCUT2D eigenvalue weighted by Crippen LogP contribution is 2.11. The average Bonchev–Trinajstić information content (AvgIpc) is 2.91. The third-order valence-corrected chi connectivity index (χ3v) is 3.68. The Balaban J connectivity index is 2.24. The largest absolute Gasteiger partial charge is 0.395 e. The van der Waals surface area contributed by atoms with Crippen molar-refractivity contribution in [2.75, 3.05) is 31.1 Å². The van der Waals surface area contributed by atoms with E-state index in [2.05, 4.69) is 10.3 Å². The van der Waals surface area contributed by atoms with E-state index in [1.54, 1.807) is 17.0 Å². The number of aliphatic hydroxyl groups is 1. The van der Waals surface area contributed by atoms with Crippen LogP contribution < -0.4 is 15.8 Å². The van der Waals surface area contributed by atoms with E-state index < -0.39 is 0 Å². The molecule has 112 valence electrons. The molecule has 1 fully saturated rings. The van der Waals surface area contributed by atoms with Crippen LogP contribution in [0, 0.1) is 0 Å². The van der Waals surface area contributed by atoms with Crippen LogP contribution in [0.1, 0.15) is 32.7 Å². The first-order valence-electron chi connectivity index (χ1n) is 7.29. The zero-order chi connectivity index (χ0) is 14.5. The fraction of sp³-hybridized carbons (Fsp3) is 0.714. The van der Waals surface area contributed by atoms with Crippen molar-refractivity contribution in [2.24, 2.45) is 0 Å². The molecule has 1 aromatic heterocycles. The van der Waals surface area contributed by atoms with E-state index in [-0.39, 0.29) is 18.2 Å². The number of hydrogen-bond acceptors (Lipinski definition) is 5. The van der Waals surface area contributed by atoms with Crippen molar-refractivity contribution in [1.82, 2.24) is 14.9 Å². The summed E-state index contributed by atoms with van der Waals surface area (Å²) in [6.07, 6.45) is 5.63. The average molecular weight is 280 g/mol. The van der Waals surface area contributed by atoms with E-state index in [1.165, 1.54) is 0 Å². The predicted molar refractivity (Wildman–Crippen MR) is 79.2 cm³/mol. The minimum atomic E-state index is -0.0889. The Hall–Kier alpha value is -1.40. The van der Waals surface area contributed by atoms with Crippen molar-refractivity contribution in [3.8, 4) is 0 Å². The minimum Gasteiger partial charge on any atom is -0.395 e. The fourth-order valence-corrected chi connectivity index (χ4v) is 2.62. The lowest BCUT2D eigenvalue weighted by Crippen LogP contribution is -2.43. The molecule has 0 saturated carbocycles. The third kappa shape index (κ3) is 3.37. The highest BCUT2D eigenvalue weighted by Gasteiger charge is 2.21. The van der Waals surface area contributed by atoms with Crippen LogP contribution in [0.4, 0.5) is 5.82 Å². The smallest absolute Gasteiger partial charge is 0.293 e. The first kappa shape index (κ1) is 15.0. The summed E-state index contributed by atoms with van der Waals surface area (Å²) in [5.74, 6) is 0.434. The van der Waals surface area contributed by atoms with Crippen molar-refractivity contribution in [3.05, 3.63) is 22.7 Å². The van der Waals surface area contributed by atoms with Crippen molar-refractivity contribution < 1.29 is 5.11 Å². The molecule has 0 spiro atoms. The predicted octanol–water partition coefficient (Wildman–Crippen LogP) is 0.375. The van der Waals surface area contributed by atoms with Gasteiger partial charge in [0, 0.05) is 37.6 Å². The molecule has 2 heterocycles. The van der Waals surface area contributed by atoms with Gasteiger partial charge in [0.2, 0.25) is 0 Å². The monoisotopic (exact) mass is 280 g/mol. The molecule has 1 atom stereocenters. The molecule has 0 bridgehead atoms. The third-order valence-electron chi connectivity index (χ3n) is 3.68. The van der Waals surface area contributed by atoms with Crippen molar-refractivity contribution >= 4 is 5.82 Å². The molecule has 1 unspecified atom stereocenters. The van der Waals surface area contributed by atoms with Gasteiger partial charge in [-0.2, -0.15) is 0 Å². The summed E-state index contributed by atoms with van der Waals surface area (Å²) in [6, 6.07) is 0.472. The van der Waals surface area contributed by atoms with Crippen LogP contribution in [0.15, 0.2) is 17.2 Å². The lowest BCUT2D eigenvalue weighted by atomic mass is 10.2. The highest BCUT2D eigenvalue weighted by molar-refractivity contribution is 5.36. The van der Waals surface area contributed by atoms with Crippen LogP contribution in [0.25, 0.3) is 0 Å². The molecule has 0 amide bonds. The van der Waals surface area contributed by atoms with E-state index in [9.17, 15) is 9.90 Å². The molecule has 0 aliphatic carbocycles. The SMILES string of the molecule is CC(C)n1ccnc(N(CCO)CC2CCCN2)c1=O. The van der Waals surface area contributed by atoms with Gasteiger partial charge in [-0.25, -0.2) is 4.98 Å². The number of nitrogens with one attached hydrogen (secondary N) is 1. The number of nitrogens with zero attached hydrogens (tertiary/aromatic N) is 3. The molecule has 0 radical (unpaired) electrons. The van der Waals surface area contributed by atoms with Gasteiger partial charge >= 0.3 is 0 Å². The lowest BCUT2D eigenvalue weighted by Gasteiger charge is -2.26. The Morgan fingerprint density at radius 2 is 2.40 bits per heavy atom. The summed E-state index contributed by atoms with van der Waals surface area (Å²) in [5.41, 5.74) is -0.0889. The van der Waals surface area contributed by atoms with Crippen LogP contribution in [-0.2, 0) is 0 Å². The molecule has 6 heteroatoms. The second-order valence-corrected chi connectivity index (χ2v) is 5.52. The molecular formula is C14H24N4O2. The maximum Gasteiger partial charge on any atom is 0.293 e. The first-order chi connectivity index (χ1) is 9.63. The number of rotatable bonds is 6. The van der Waals surface area contributed by atoms with Gasteiger partial charge in [-0.3, -0.25) is 4.79 Å². The Labute approximate surface area is 119 Å². The second-order valence-electron chi connectivity index (χ2n) is 5.52. The standard InChI is InChI=1S/C14H24N4O2/c1-11(2)18-7-6-16-13(14(18)20)17(8-9-19)10-12-4-3-5-15-12/h6-7,11-12,15,19H,3-5,8-10H2,1-2H3. The normalized spacial score (nSPS) is 18.7. The van der Waals surface area contributed by atoms with Crippen molar-refractivity contribution in [2.45, 2.75) is 38.8 Å². The van der Waals surface area contributed by atoms with E-state index in [4.69, 9.17) is 0 Å². The topological polar surface area (TPSA) is 70.4 Å². The molecule has 2 N–H and O–H groups in total. The Kier molecular flexibility index (Phi) is 5.14. The van der Waals surface area contributed by atoms with E-state index >= 15 is 0 Å². The summed E-state index contributed by atoms with van der Waals surface area (Å²) >= 11 is 0. The van der Waals surface area contributed by atoms with Gasteiger partial charge in [-0.05, 0) is 33.2 Å². The molecule has 20 heavy (non-hydrogen) atoms. The molecule has 2 rings (SSSR count). The van der Waals surface area contributed by atoms with Crippen LogP contribution >= 0.6 is 0 Å². The summed E-state index contributed by atoms with van der Waals surface area (Å²) in [7, 11) is 0. The molecule has 1 aliphatic rings. The summed E-state index contributed by atoms with van der Waals surface area (Å²) in [4.78, 5) is 18.6. The summed E-state index contributed by atoms with van der Waals surface area (Å²) < 4.78 is 1.68. The number of aliphatic hydroxyl groups excluding tert-OH is 1. The number of aromatic nitrogens is 2. The quantitative estimate of drug-likeness (QED) is 0.788. The van der Waals surface area contributed by atoms with Crippen LogP contribution in [0.5, 0.6) is 0 Å². The van der Waals surface area contributed by atoms with Gasteiger partial charge in [-0.15, -0.1) is 0 Å². The molecule has 1 aliphatic heterocycles. The molecule has 0 aromatic carbocycles. The summed E-state index contributed by atoms with van der Waals surface area (Å²) in [6.45, 7) is 6.13. The van der Waals surface area contributed by atoms with Gasteiger partial charge in [0.1, 0.15) is 0 Å². The van der Waals surface area contributed by atoms with Crippen LogP contribution in [0.2, 0.25) is 0 Å². The lowest BCUT2D eigenvalue weighted by molar-refractivity contribution is 0.300. The van der Waals surface area contributed by atoms with Gasteiger partial charge in [0.15, 0.2) is 5.82 Å². The maximum atomic E-state index is 12.5. The Morgan fingerprint density at radius 1 is 1.60 bits per heavy atom. The molecule has 1 aromatic rings. The van der Waals surface area contributed by atoms with E-state index in [0.29, 0.717) is 24.9 Å². The van der Waals surface area contributed by atoms with Gasteiger partial charge in [0.05, 0.1) is 6.61 Å². The van der Waals surface area contributed by atoms with Gasteiger partial charge in [-0.1, -0.05) is 0 Å². The van der Waals surface area contributed by atoms with Crippen LogP contribution in [-0.4, -0.2) is 46.9 Å². The van der Waals surface area contributed by atoms with Crippen molar-refractivity contribution in [1.29, 1.82) is 0 Å². The fourth-order valence-electron chi connectivity index (χ4n) is 2.62. The van der Waals surface area contributed by atoms with E-state index in [1.807, 2.05) is 18.7 Å². The number of hydrogen-bond donors (Lipinski definition) is 2. The molecular weight excluding hydrogens is 256 g/mol. The first-order valence-corrected chi connectivity index (χ1v) is 7.29. The second kappa shape index (κ2) is 6.85. The molecule has 6 nitrogen and oxygen atoms in total. The van der Waals surface area contributed by atoms with E-state index in [0.717, 1.165) is 19.4 Å². The van der Waals surface area contributed by atoms with Gasteiger partial charge in [0.25, 0.3) is 5.56 Å². The van der Waals surface area contributed by atoms with Gasteiger partial charge < -0.3 is 19.9 Å². The summed E-state index contributed by atoms with van der Waals surface area (Å²) in [5, 5.41) is 12.7. The highest BCUT2D eigenvalue weighted by atomic mass is 16.3. The zero-order valence-corrected chi connectivity index (χ0v) is 12.2. The van der Waals surface area contributed by atoms with Crippen molar-refractivity contribution in [3.63, 3.8) is 0 Å². The zero-order valence-electron chi connectivity index (χ0n) is 12.2.